The molecule has 0 aliphatic carbocycles. The summed E-state index contributed by atoms with van der Waals surface area (Å²) in [5, 5.41) is 8.00. The Labute approximate surface area is 249 Å². The predicted molar refractivity (Wildman–Crippen MR) is 163 cm³/mol. The molecule has 0 unspecified atom stereocenters. The van der Waals surface area contributed by atoms with Crippen molar-refractivity contribution in [2.24, 2.45) is 0 Å². The molecule has 3 aromatic carbocycles. The molecule has 0 spiro atoms. The van der Waals surface area contributed by atoms with Crippen LogP contribution in [0, 0.1) is 0 Å². The van der Waals surface area contributed by atoms with Gasteiger partial charge >= 0.3 is 0 Å². The zero-order valence-corrected chi connectivity index (χ0v) is 24.5. The van der Waals surface area contributed by atoms with E-state index in [2.05, 4.69) is 24.3 Å². The van der Waals surface area contributed by atoms with E-state index in [0.717, 1.165) is 0 Å². The quantitative estimate of drug-likeness (QED) is 0.292. The van der Waals surface area contributed by atoms with Crippen LogP contribution in [0.3, 0.4) is 0 Å². The van der Waals surface area contributed by atoms with Gasteiger partial charge in [-0.15, -0.1) is 0 Å². The first-order chi connectivity index (χ1) is 20.2. The fourth-order valence-corrected chi connectivity index (χ4v) is 4.94. The second-order valence-electron chi connectivity index (χ2n) is 10.4. The molecule has 1 saturated heterocycles. The zero-order valence-electron chi connectivity index (χ0n) is 23.7. The van der Waals surface area contributed by atoms with Gasteiger partial charge in [-0.25, -0.2) is 0 Å². The molecule has 9 nitrogen and oxygen atoms in total. The third-order valence-corrected chi connectivity index (χ3v) is 7.40. The van der Waals surface area contributed by atoms with E-state index < -0.39 is 5.56 Å². The van der Waals surface area contributed by atoms with Gasteiger partial charge in [-0.2, -0.15) is 9.78 Å². The highest BCUT2D eigenvalue weighted by Gasteiger charge is 2.24. The number of aromatic nitrogens is 2. The fourth-order valence-electron chi connectivity index (χ4n) is 4.75. The van der Waals surface area contributed by atoms with Crippen molar-refractivity contribution in [3.05, 3.63) is 105 Å². The minimum atomic E-state index is -0.453. The Balaban J connectivity index is 1.46. The highest BCUT2D eigenvalue weighted by Crippen LogP contribution is 2.30. The van der Waals surface area contributed by atoms with Crippen molar-refractivity contribution in [3.8, 4) is 17.2 Å². The number of amides is 2. The summed E-state index contributed by atoms with van der Waals surface area (Å²) in [7, 11) is 0. The molecule has 10 heteroatoms. The standard InChI is InChI=1S/C32H32ClN5O4/c1-21(2)23-10-12-28(13-11-23)42-29-20-34-38(27-9-5-7-25(33)19-27)32(41)30(29)35-26-8-4-6-24(18-26)31(40)37-16-14-36(15-17-37)22(3)39/h4-13,18-21,35H,14-17H2,1-3H3. The van der Waals surface area contributed by atoms with E-state index in [1.165, 1.54) is 23.4 Å². The van der Waals surface area contributed by atoms with Gasteiger partial charge < -0.3 is 19.9 Å². The Morgan fingerprint density at radius 3 is 2.29 bits per heavy atom. The first-order valence-electron chi connectivity index (χ1n) is 13.8. The summed E-state index contributed by atoms with van der Waals surface area (Å²) in [6, 6.07) is 21.5. The van der Waals surface area contributed by atoms with Crippen molar-refractivity contribution >= 4 is 34.8 Å². The van der Waals surface area contributed by atoms with E-state index in [9.17, 15) is 14.4 Å². The average Bonchev–Trinajstić information content (AvgIpc) is 2.99. The van der Waals surface area contributed by atoms with E-state index in [4.69, 9.17) is 16.3 Å². The highest BCUT2D eigenvalue weighted by atomic mass is 35.5. The number of anilines is 2. The van der Waals surface area contributed by atoms with Crippen LogP contribution in [0.15, 0.2) is 83.8 Å². The van der Waals surface area contributed by atoms with Crippen molar-refractivity contribution in [1.29, 1.82) is 0 Å². The normalized spacial score (nSPS) is 13.3. The van der Waals surface area contributed by atoms with Crippen LogP contribution in [0.2, 0.25) is 5.02 Å². The van der Waals surface area contributed by atoms with Gasteiger partial charge in [-0.1, -0.05) is 49.7 Å². The summed E-state index contributed by atoms with van der Waals surface area (Å²) in [5.41, 5.74) is 2.36. The van der Waals surface area contributed by atoms with E-state index >= 15 is 0 Å². The maximum absolute atomic E-state index is 13.8. The smallest absolute Gasteiger partial charge is 0.299 e. The Hall–Kier alpha value is -4.63. The molecule has 0 saturated carbocycles. The molecule has 5 rings (SSSR count). The number of carbonyl (C=O) groups is 2. The molecule has 1 fully saturated rings. The summed E-state index contributed by atoms with van der Waals surface area (Å²) in [6.07, 6.45) is 1.48. The number of piperazine rings is 1. The van der Waals surface area contributed by atoms with Crippen molar-refractivity contribution < 1.29 is 14.3 Å². The van der Waals surface area contributed by atoms with Gasteiger partial charge in [0.05, 0.1) is 11.9 Å². The summed E-state index contributed by atoms with van der Waals surface area (Å²) in [5.74, 6) is 1.01. The van der Waals surface area contributed by atoms with Crippen LogP contribution < -0.4 is 15.6 Å². The van der Waals surface area contributed by atoms with Crippen LogP contribution in [0.4, 0.5) is 11.4 Å². The van der Waals surface area contributed by atoms with Crippen LogP contribution in [0.5, 0.6) is 11.5 Å². The molecule has 0 atom stereocenters. The average molecular weight is 586 g/mol. The number of nitrogens with zero attached hydrogens (tertiary/aromatic N) is 4. The van der Waals surface area contributed by atoms with Crippen molar-refractivity contribution in [2.75, 3.05) is 31.5 Å². The summed E-state index contributed by atoms with van der Waals surface area (Å²) < 4.78 is 7.38. The highest BCUT2D eigenvalue weighted by molar-refractivity contribution is 6.30. The molecule has 1 aliphatic heterocycles. The van der Waals surface area contributed by atoms with Gasteiger partial charge in [0.2, 0.25) is 5.91 Å². The number of nitrogens with one attached hydrogen (secondary N) is 1. The van der Waals surface area contributed by atoms with Gasteiger partial charge in [-0.3, -0.25) is 14.4 Å². The maximum Gasteiger partial charge on any atom is 0.299 e. The predicted octanol–water partition coefficient (Wildman–Crippen LogP) is 5.85. The molecule has 2 amide bonds. The molecule has 1 aliphatic rings. The first kappa shape index (κ1) is 28.9. The van der Waals surface area contributed by atoms with Crippen LogP contribution >= 0.6 is 11.6 Å². The van der Waals surface area contributed by atoms with Crippen LogP contribution in [-0.4, -0.2) is 57.6 Å². The van der Waals surface area contributed by atoms with Crippen molar-refractivity contribution in [3.63, 3.8) is 0 Å². The van der Waals surface area contributed by atoms with E-state index in [1.807, 2.05) is 24.3 Å². The Kier molecular flexibility index (Phi) is 8.59. The lowest BCUT2D eigenvalue weighted by molar-refractivity contribution is -0.130. The van der Waals surface area contributed by atoms with Crippen LogP contribution in [-0.2, 0) is 4.79 Å². The lowest BCUT2D eigenvalue weighted by Crippen LogP contribution is -2.50. The number of carbonyl (C=O) groups excluding carboxylic acids is 2. The minimum Gasteiger partial charge on any atom is -0.453 e. The van der Waals surface area contributed by atoms with E-state index in [0.29, 0.717) is 59.8 Å². The SMILES string of the molecule is CC(=O)N1CCN(C(=O)c2cccc(Nc3c(Oc4ccc(C(C)C)cc4)cnn(-c4cccc(Cl)c4)c3=O)c2)CC1. The molecular weight excluding hydrogens is 554 g/mol. The number of ether oxygens (including phenoxy) is 1. The molecule has 0 bridgehead atoms. The molecular formula is C32H32ClN5O4. The van der Waals surface area contributed by atoms with Gasteiger partial charge in [0.25, 0.3) is 11.5 Å². The van der Waals surface area contributed by atoms with Crippen LogP contribution in [0.25, 0.3) is 5.69 Å². The second kappa shape index (κ2) is 12.5. The Morgan fingerprint density at radius 1 is 0.929 bits per heavy atom. The third-order valence-electron chi connectivity index (χ3n) is 7.16. The van der Waals surface area contributed by atoms with Gasteiger partial charge in [0, 0.05) is 49.4 Å². The number of halogens is 1. The molecule has 2 heterocycles. The number of hydrogen-bond donors (Lipinski definition) is 1. The lowest BCUT2D eigenvalue weighted by atomic mass is 10.0. The number of hydrogen-bond acceptors (Lipinski definition) is 6. The van der Waals surface area contributed by atoms with E-state index in [1.54, 1.807) is 58.3 Å². The second-order valence-corrected chi connectivity index (χ2v) is 10.8. The van der Waals surface area contributed by atoms with Gasteiger partial charge in [0.15, 0.2) is 11.4 Å². The third kappa shape index (κ3) is 6.47. The molecule has 42 heavy (non-hydrogen) atoms. The molecule has 1 N–H and O–H groups in total. The first-order valence-corrected chi connectivity index (χ1v) is 14.2. The molecule has 216 valence electrons. The lowest BCUT2D eigenvalue weighted by Gasteiger charge is -2.34. The number of benzene rings is 3. The van der Waals surface area contributed by atoms with Crippen LogP contribution in [0.1, 0.15) is 42.6 Å². The maximum atomic E-state index is 13.8. The van der Waals surface area contributed by atoms with E-state index in [-0.39, 0.29) is 23.3 Å². The Morgan fingerprint density at radius 2 is 1.62 bits per heavy atom. The van der Waals surface area contributed by atoms with Crippen molar-refractivity contribution in [2.45, 2.75) is 26.7 Å². The summed E-state index contributed by atoms with van der Waals surface area (Å²) >= 11 is 6.19. The molecule has 1 aromatic heterocycles. The number of rotatable bonds is 7. The van der Waals surface area contributed by atoms with Crippen molar-refractivity contribution in [1.82, 2.24) is 19.6 Å². The fraction of sp³-hybridized carbons (Fsp3) is 0.250. The Bertz CT molecular complexity index is 1660. The summed E-state index contributed by atoms with van der Waals surface area (Å²) in [6.45, 7) is 7.67. The zero-order chi connectivity index (χ0) is 29.8. The van der Waals surface area contributed by atoms with Gasteiger partial charge in [0.1, 0.15) is 5.75 Å². The molecule has 0 radical (unpaired) electrons. The summed E-state index contributed by atoms with van der Waals surface area (Å²) in [4.78, 5) is 42.2. The van der Waals surface area contributed by atoms with Gasteiger partial charge in [-0.05, 0) is 60.0 Å². The largest absolute Gasteiger partial charge is 0.453 e. The monoisotopic (exact) mass is 585 g/mol. The minimum absolute atomic E-state index is 0.00275. The molecule has 4 aromatic rings. The topological polar surface area (TPSA) is 96.8 Å².